The van der Waals surface area contributed by atoms with Gasteiger partial charge in [0.25, 0.3) is 0 Å². The van der Waals surface area contributed by atoms with Crippen molar-refractivity contribution in [3.05, 3.63) is 36.3 Å². The molecule has 0 saturated carbocycles. The quantitative estimate of drug-likeness (QED) is 0.484. The predicted molar refractivity (Wildman–Crippen MR) is 117 cm³/mol. The van der Waals surface area contributed by atoms with Crippen molar-refractivity contribution in [2.45, 2.75) is 32.6 Å². The van der Waals surface area contributed by atoms with E-state index >= 15 is 0 Å². The smallest absolute Gasteiger partial charge is 0.225 e. The second-order valence-electron chi connectivity index (χ2n) is 8.32. The minimum atomic E-state index is 0.00674. The summed E-state index contributed by atoms with van der Waals surface area (Å²) in [6, 6.07) is 7.98. The van der Waals surface area contributed by atoms with Crippen LogP contribution in [0.2, 0.25) is 0 Å². The number of fused-ring (bicyclic) bond motifs is 3. The molecule has 0 bridgehead atoms. The highest BCUT2D eigenvalue weighted by molar-refractivity contribution is 6.07. The van der Waals surface area contributed by atoms with Gasteiger partial charge in [-0.15, -0.1) is 0 Å². The summed E-state index contributed by atoms with van der Waals surface area (Å²) in [5.41, 5.74) is 10.6. The topological polar surface area (TPSA) is 117 Å². The van der Waals surface area contributed by atoms with Crippen molar-refractivity contribution in [2.75, 3.05) is 18.8 Å². The Hall–Kier alpha value is -3.42. The van der Waals surface area contributed by atoms with Crippen molar-refractivity contribution < 1.29 is 4.79 Å². The molecule has 1 aromatic carbocycles. The molecule has 1 amide bonds. The molecule has 8 heteroatoms. The number of aromatic amines is 2. The van der Waals surface area contributed by atoms with Crippen molar-refractivity contribution in [2.24, 2.45) is 5.92 Å². The van der Waals surface area contributed by atoms with Crippen molar-refractivity contribution in [1.82, 2.24) is 30.0 Å². The van der Waals surface area contributed by atoms with Crippen molar-refractivity contribution in [1.29, 1.82) is 0 Å². The van der Waals surface area contributed by atoms with Gasteiger partial charge in [0, 0.05) is 42.1 Å². The molecule has 3 aromatic heterocycles. The number of hydrogen-bond acceptors (Lipinski definition) is 5. The lowest BCUT2D eigenvalue weighted by Crippen LogP contribution is -2.41. The fraction of sp³-hybridized carbons (Fsp3) is 0.364. The highest BCUT2D eigenvalue weighted by atomic mass is 16.2. The molecule has 1 fully saturated rings. The maximum Gasteiger partial charge on any atom is 0.225 e. The number of H-pyrrole nitrogens is 2. The zero-order chi connectivity index (χ0) is 20.8. The molecule has 4 aromatic rings. The molecule has 4 N–H and O–H groups in total. The average molecular weight is 403 g/mol. The van der Waals surface area contributed by atoms with Gasteiger partial charge in [0.15, 0.2) is 0 Å². The number of nitrogens with one attached hydrogen (secondary N) is 2. The van der Waals surface area contributed by atoms with E-state index in [-0.39, 0.29) is 17.7 Å². The van der Waals surface area contributed by atoms with Crippen molar-refractivity contribution in [3.63, 3.8) is 0 Å². The van der Waals surface area contributed by atoms with Crippen LogP contribution in [0.1, 0.15) is 38.4 Å². The second kappa shape index (κ2) is 7.12. The van der Waals surface area contributed by atoms with Gasteiger partial charge in [-0.05, 0) is 31.0 Å². The minimum Gasteiger partial charge on any atom is -0.382 e. The Morgan fingerprint density at radius 1 is 1.27 bits per heavy atom. The zero-order valence-corrected chi connectivity index (χ0v) is 17.1. The summed E-state index contributed by atoms with van der Waals surface area (Å²) in [5, 5.41) is 7.94. The first kappa shape index (κ1) is 18.6. The molecule has 0 spiro atoms. The molecule has 0 radical (unpaired) electrons. The highest BCUT2D eigenvalue weighted by Gasteiger charge is 2.28. The third kappa shape index (κ3) is 3.08. The lowest BCUT2D eigenvalue weighted by Gasteiger charge is -2.33. The van der Waals surface area contributed by atoms with Gasteiger partial charge in [0.2, 0.25) is 5.91 Å². The van der Waals surface area contributed by atoms with E-state index in [0.717, 1.165) is 58.4 Å². The number of nitrogens with two attached hydrogens (primary N) is 1. The number of amides is 1. The van der Waals surface area contributed by atoms with E-state index in [9.17, 15) is 4.79 Å². The summed E-state index contributed by atoms with van der Waals surface area (Å²) < 4.78 is 0. The van der Waals surface area contributed by atoms with Gasteiger partial charge in [-0.1, -0.05) is 19.9 Å². The number of anilines is 1. The number of benzene rings is 1. The van der Waals surface area contributed by atoms with Gasteiger partial charge in [-0.2, -0.15) is 5.10 Å². The van der Waals surface area contributed by atoms with Crippen LogP contribution < -0.4 is 5.73 Å². The molecule has 1 atom stereocenters. The number of likely N-dealkylation sites (tertiary alicyclic amines) is 1. The largest absolute Gasteiger partial charge is 0.382 e. The summed E-state index contributed by atoms with van der Waals surface area (Å²) >= 11 is 0. The first-order valence-electron chi connectivity index (χ1n) is 10.4. The lowest BCUT2D eigenvalue weighted by molar-refractivity contribution is -0.135. The maximum atomic E-state index is 12.5. The molecule has 8 nitrogen and oxygen atoms in total. The van der Waals surface area contributed by atoms with Crippen LogP contribution >= 0.6 is 0 Å². The molecule has 30 heavy (non-hydrogen) atoms. The third-order valence-corrected chi connectivity index (χ3v) is 5.90. The lowest BCUT2D eigenvalue weighted by atomic mass is 9.96. The molecule has 1 saturated heterocycles. The fourth-order valence-corrected chi connectivity index (χ4v) is 4.33. The number of carbonyl (C=O) groups excluding carboxylic acids is 1. The van der Waals surface area contributed by atoms with Gasteiger partial charge >= 0.3 is 0 Å². The molecule has 1 aliphatic heterocycles. The van der Waals surface area contributed by atoms with Crippen LogP contribution in [0.25, 0.3) is 33.2 Å². The standard InChI is InChI=1S/C22H25N7O/c1-12(2)22(30)29-9-3-4-14(11-29)21-26-18-15-6-5-13(16-7-8-24-28-16)10-17(15)25-20(23)19(18)27-21/h5-8,10,12,14H,3-4,9,11H2,1-2H3,(H2,23,25)(H,24,28)(H,26,27)/t14-/m0/s1. The zero-order valence-electron chi connectivity index (χ0n) is 17.1. The van der Waals surface area contributed by atoms with Crippen LogP contribution in [0.4, 0.5) is 5.82 Å². The number of imidazole rings is 1. The first-order chi connectivity index (χ1) is 14.5. The molecule has 0 unspecified atom stereocenters. The maximum absolute atomic E-state index is 12.5. The van der Waals surface area contributed by atoms with Crippen LogP contribution in [0.5, 0.6) is 0 Å². The van der Waals surface area contributed by atoms with Crippen LogP contribution in [0.3, 0.4) is 0 Å². The molecule has 5 rings (SSSR count). The molecule has 4 heterocycles. The van der Waals surface area contributed by atoms with Crippen molar-refractivity contribution in [3.8, 4) is 11.3 Å². The van der Waals surface area contributed by atoms with Gasteiger partial charge in [0.1, 0.15) is 22.7 Å². The van der Waals surface area contributed by atoms with E-state index in [0.29, 0.717) is 12.4 Å². The molecule has 154 valence electrons. The third-order valence-electron chi connectivity index (χ3n) is 5.90. The molecule has 1 aliphatic rings. The normalized spacial score (nSPS) is 17.3. The highest BCUT2D eigenvalue weighted by Crippen LogP contribution is 2.33. The number of pyridine rings is 1. The number of nitrogens with zero attached hydrogens (tertiary/aromatic N) is 4. The van der Waals surface area contributed by atoms with Crippen LogP contribution in [-0.2, 0) is 4.79 Å². The Balaban J connectivity index is 1.54. The Morgan fingerprint density at radius 2 is 2.13 bits per heavy atom. The minimum absolute atomic E-state index is 0.00674. The number of piperidine rings is 1. The second-order valence-corrected chi connectivity index (χ2v) is 8.32. The summed E-state index contributed by atoms with van der Waals surface area (Å²) in [4.78, 5) is 27.4. The van der Waals surface area contributed by atoms with Crippen LogP contribution in [0.15, 0.2) is 30.5 Å². The van der Waals surface area contributed by atoms with Gasteiger partial charge in [-0.25, -0.2) is 9.97 Å². The number of hydrogen-bond donors (Lipinski definition) is 3. The van der Waals surface area contributed by atoms with Crippen LogP contribution in [-0.4, -0.2) is 49.0 Å². The number of aromatic nitrogens is 5. The van der Waals surface area contributed by atoms with Crippen LogP contribution in [0, 0.1) is 5.92 Å². The van der Waals surface area contributed by atoms with Gasteiger partial charge < -0.3 is 15.6 Å². The number of rotatable bonds is 3. The predicted octanol–water partition coefficient (Wildman–Crippen LogP) is 3.45. The van der Waals surface area contributed by atoms with E-state index in [4.69, 9.17) is 10.7 Å². The van der Waals surface area contributed by atoms with E-state index in [2.05, 4.69) is 20.2 Å². The Kier molecular flexibility index (Phi) is 4.42. The molecule has 0 aliphatic carbocycles. The SMILES string of the molecule is CC(C)C(=O)N1CCC[C@H](c2nc3c([nH]2)c(N)nc2cc(-c4ccn[nH]4)ccc23)C1. The van der Waals surface area contributed by atoms with E-state index in [1.165, 1.54) is 0 Å². The molecular weight excluding hydrogens is 378 g/mol. The van der Waals surface area contributed by atoms with E-state index < -0.39 is 0 Å². The summed E-state index contributed by atoms with van der Waals surface area (Å²) in [5.74, 6) is 1.70. The van der Waals surface area contributed by atoms with Gasteiger partial charge in [-0.3, -0.25) is 9.89 Å². The Labute approximate surface area is 173 Å². The first-order valence-corrected chi connectivity index (χ1v) is 10.4. The van der Waals surface area contributed by atoms with E-state index in [1.807, 2.05) is 43.0 Å². The summed E-state index contributed by atoms with van der Waals surface area (Å²) in [6.45, 7) is 5.40. The van der Waals surface area contributed by atoms with E-state index in [1.54, 1.807) is 6.20 Å². The Morgan fingerprint density at radius 3 is 2.90 bits per heavy atom. The Bertz CT molecular complexity index is 1230. The average Bonchev–Trinajstić information content (AvgIpc) is 3.43. The summed E-state index contributed by atoms with van der Waals surface area (Å²) in [7, 11) is 0. The monoisotopic (exact) mass is 403 g/mol. The molecular formula is C22H25N7O. The van der Waals surface area contributed by atoms with Gasteiger partial charge in [0.05, 0.1) is 11.2 Å². The van der Waals surface area contributed by atoms with Crippen molar-refractivity contribution >= 4 is 33.7 Å². The summed E-state index contributed by atoms with van der Waals surface area (Å²) in [6.07, 6.45) is 3.70. The number of carbonyl (C=O) groups is 1. The number of nitrogen functional groups attached to an aromatic ring is 1. The fourth-order valence-electron chi connectivity index (χ4n) is 4.33.